The molecule has 26 heavy (non-hydrogen) atoms. The lowest BCUT2D eigenvalue weighted by Gasteiger charge is -2.09. The molecule has 0 aliphatic heterocycles. The third kappa shape index (κ3) is 4.10. The minimum absolute atomic E-state index is 0.153. The number of nitrogens with zero attached hydrogens (tertiary/aromatic N) is 2. The minimum Gasteiger partial charge on any atom is -0.497 e. The molecule has 0 spiro atoms. The van der Waals surface area contributed by atoms with Gasteiger partial charge in [-0.3, -0.25) is 14.2 Å². The maximum atomic E-state index is 12.3. The van der Waals surface area contributed by atoms with Crippen LogP contribution in [0.15, 0.2) is 65.7 Å². The van der Waals surface area contributed by atoms with Crippen molar-refractivity contribution < 1.29 is 9.53 Å². The first-order chi connectivity index (χ1) is 12.6. The Balaban J connectivity index is 1.74. The van der Waals surface area contributed by atoms with Gasteiger partial charge in [-0.05, 0) is 36.4 Å². The second-order valence-corrected chi connectivity index (χ2v) is 5.90. The number of hydrogen-bond acceptors (Lipinski definition) is 4. The highest BCUT2D eigenvalue weighted by atomic mass is 35.5. The van der Waals surface area contributed by atoms with Crippen LogP contribution >= 0.6 is 11.6 Å². The molecule has 0 saturated heterocycles. The number of methoxy groups -OCH3 is 1. The van der Waals surface area contributed by atoms with Crippen molar-refractivity contribution in [3.05, 3.63) is 76.3 Å². The molecule has 0 bridgehead atoms. The first-order valence-corrected chi connectivity index (χ1v) is 8.20. The molecular weight excluding hydrogens is 354 g/mol. The van der Waals surface area contributed by atoms with Crippen molar-refractivity contribution >= 4 is 23.2 Å². The number of amides is 1. The average molecular weight is 370 g/mol. The van der Waals surface area contributed by atoms with Crippen molar-refractivity contribution in [2.24, 2.45) is 0 Å². The van der Waals surface area contributed by atoms with Crippen molar-refractivity contribution in [2.75, 3.05) is 12.4 Å². The zero-order valence-corrected chi connectivity index (χ0v) is 14.7. The summed E-state index contributed by atoms with van der Waals surface area (Å²) in [6.07, 6.45) is 1.36. The van der Waals surface area contributed by atoms with Gasteiger partial charge in [-0.1, -0.05) is 23.7 Å². The fourth-order valence-corrected chi connectivity index (χ4v) is 2.55. The number of benzene rings is 2. The molecule has 0 fully saturated rings. The van der Waals surface area contributed by atoms with Crippen LogP contribution in [-0.4, -0.2) is 22.6 Å². The number of ether oxygens (including phenoxy) is 1. The number of carbonyl (C=O) groups is 1. The summed E-state index contributed by atoms with van der Waals surface area (Å²) in [6.45, 7) is -0.153. The summed E-state index contributed by atoms with van der Waals surface area (Å²) in [7, 11) is 1.59. The molecule has 1 heterocycles. The second-order valence-electron chi connectivity index (χ2n) is 5.50. The number of hydrogen-bond donors (Lipinski definition) is 1. The van der Waals surface area contributed by atoms with E-state index >= 15 is 0 Å². The lowest BCUT2D eigenvalue weighted by molar-refractivity contribution is -0.116. The number of nitrogens with one attached hydrogen (secondary N) is 1. The van der Waals surface area contributed by atoms with Gasteiger partial charge in [-0.2, -0.15) is 0 Å². The molecule has 0 unspecified atom stereocenters. The number of halogens is 1. The third-order valence-electron chi connectivity index (χ3n) is 3.73. The number of anilines is 1. The molecular formula is C19H16ClN3O3. The number of carbonyl (C=O) groups excluding carboxylic acids is 1. The molecule has 1 aromatic heterocycles. The molecule has 132 valence electrons. The Morgan fingerprint density at radius 3 is 2.58 bits per heavy atom. The van der Waals surface area contributed by atoms with E-state index in [0.717, 1.165) is 11.3 Å². The van der Waals surface area contributed by atoms with Crippen LogP contribution in [0.2, 0.25) is 5.02 Å². The van der Waals surface area contributed by atoms with Crippen LogP contribution < -0.4 is 15.6 Å². The van der Waals surface area contributed by atoms with Crippen molar-refractivity contribution in [1.82, 2.24) is 9.55 Å². The Hall–Kier alpha value is -3.12. The Kier molecular flexibility index (Phi) is 5.34. The fraction of sp³-hybridized carbons (Fsp3) is 0.105. The van der Waals surface area contributed by atoms with Crippen LogP contribution in [0.3, 0.4) is 0 Å². The predicted octanol–water partition coefficient (Wildman–Crippen LogP) is 3.21. The number of para-hydroxylation sites is 1. The molecule has 0 atom stereocenters. The predicted molar refractivity (Wildman–Crippen MR) is 101 cm³/mol. The summed E-state index contributed by atoms with van der Waals surface area (Å²) in [6, 6.07) is 15.5. The van der Waals surface area contributed by atoms with Crippen LogP contribution in [0.1, 0.15) is 0 Å². The van der Waals surface area contributed by atoms with Gasteiger partial charge in [0.15, 0.2) is 0 Å². The second kappa shape index (κ2) is 7.84. The molecule has 1 N–H and O–H groups in total. The van der Waals surface area contributed by atoms with Gasteiger partial charge in [0, 0.05) is 11.6 Å². The minimum atomic E-state index is -0.362. The number of rotatable bonds is 5. The summed E-state index contributed by atoms with van der Waals surface area (Å²) in [5.74, 6) is 0.359. The maximum Gasteiger partial charge on any atom is 0.254 e. The summed E-state index contributed by atoms with van der Waals surface area (Å²) in [4.78, 5) is 28.7. The summed E-state index contributed by atoms with van der Waals surface area (Å²) in [5, 5.41) is 3.10. The van der Waals surface area contributed by atoms with Gasteiger partial charge in [-0.25, -0.2) is 4.98 Å². The Bertz CT molecular complexity index is 984. The molecule has 0 radical (unpaired) electrons. The maximum absolute atomic E-state index is 12.3. The molecule has 2 aromatic carbocycles. The van der Waals surface area contributed by atoms with E-state index in [2.05, 4.69) is 10.3 Å². The van der Waals surface area contributed by atoms with Gasteiger partial charge in [0.25, 0.3) is 5.56 Å². The Morgan fingerprint density at radius 1 is 1.19 bits per heavy atom. The van der Waals surface area contributed by atoms with Crippen molar-refractivity contribution in [3.63, 3.8) is 0 Å². The average Bonchev–Trinajstić information content (AvgIpc) is 2.65. The van der Waals surface area contributed by atoms with Crippen LogP contribution in [0.25, 0.3) is 11.3 Å². The lowest BCUT2D eigenvalue weighted by Crippen LogP contribution is -2.27. The SMILES string of the molecule is COc1ccc(-c2cc(=O)n(CC(=O)Nc3ccccc3Cl)cn2)cc1. The highest BCUT2D eigenvalue weighted by Gasteiger charge is 2.09. The quantitative estimate of drug-likeness (QED) is 0.749. The van der Waals surface area contributed by atoms with Gasteiger partial charge in [0.05, 0.1) is 29.8 Å². The molecule has 6 nitrogen and oxygen atoms in total. The molecule has 0 saturated carbocycles. The first-order valence-electron chi connectivity index (χ1n) is 7.82. The Labute approximate surface area is 155 Å². The van der Waals surface area contributed by atoms with Crippen molar-refractivity contribution in [2.45, 2.75) is 6.54 Å². The molecule has 1 amide bonds. The van der Waals surface area contributed by atoms with Crippen LogP contribution in [-0.2, 0) is 11.3 Å². The third-order valence-corrected chi connectivity index (χ3v) is 4.06. The highest BCUT2D eigenvalue weighted by molar-refractivity contribution is 6.33. The van der Waals surface area contributed by atoms with Crippen LogP contribution in [0.5, 0.6) is 5.75 Å². The van der Waals surface area contributed by atoms with Crippen LogP contribution in [0.4, 0.5) is 5.69 Å². The molecule has 7 heteroatoms. The van der Waals surface area contributed by atoms with Crippen molar-refractivity contribution in [1.29, 1.82) is 0 Å². The smallest absolute Gasteiger partial charge is 0.254 e. The van der Waals surface area contributed by atoms with E-state index in [4.69, 9.17) is 16.3 Å². The monoisotopic (exact) mass is 369 g/mol. The summed E-state index contributed by atoms with van der Waals surface area (Å²) >= 11 is 6.01. The first kappa shape index (κ1) is 17.7. The molecule has 3 rings (SSSR count). The summed E-state index contributed by atoms with van der Waals surface area (Å²) in [5.41, 5.74) is 1.49. The zero-order valence-electron chi connectivity index (χ0n) is 14.0. The van der Waals surface area contributed by atoms with Gasteiger partial charge < -0.3 is 10.1 Å². The van der Waals surface area contributed by atoms with E-state index < -0.39 is 0 Å². The molecule has 3 aromatic rings. The summed E-state index contributed by atoms with van der Waals surface area (Å²) < 4.78 is 6.34. The topological polar surface area (TPSA) is 73.2 Å². The fourth-order valence-electron chi connectivity index (χ4n) is 2.37. The van der Waals surface area contributed by atoms with E-state index in [1.165, 1.54) is 17.0 Å². The van der Waals surface area contributed by atoms with Crippen LogP contribution in [0, 0.1) is 0 Å². The largest absolute Gasteiger partial charge is 0.497 e. The van der Waals surface area contributed by atoms with Crippen molar-refractivity contribution in [3.8, 4) is 17.0 Å². The van der Waals surface area contributed by atoms with Gasteiger partial charge in [0.2, 0.25) is 5.91 Å². The lowest BCUT2D eigenvalue weighted by atomic mass is 10.1. The zero-order chi connectivity index (χ0) is 18.5. The molecule has 0 aliphatic rings. The van der Waals surface area contributed by atoms with E-state index in [1.54, 1.807) is 43.5 Å². The van der Waals surface area contributed by atoms with E-state index in [9.17, 15) is 9.59 Å². The van der Waals surface area contributed by atoms with E-state index in [-0.39, 0.29) is 18.0 Å². The highest BCUT2D eigenvalue weighted by Crippen LogP contribution is 2.21. The van der Waals surface area contributed by atoms with Gasteiger partial charge in [0.1, 0.15) is 12.3 Å². The molecule has 0 aliphatic carbocycles. The van der Waals surface area contributed by atoms with Gasteiger partial charge in [-0.15, -0.1) is 0 Å². The van der Waals surface area contributed by atoms with E-state index in [1.807, 2.05) is 12.1 Å². The Morgan fingerprint density at radius 2 is 1.92 bits per heavy atom. The van der Waals surface area contributed by atoms with E-state index in [0.29, 0.717) is 16.4 Å². The number of aromatic nitrogens is 2. The standard InChI is InChI=1S/C19H16ClN3O3/c1-26-14-8-6-13(7-9-14)17-10-19(25)23(12-21-17)11-18(24)22-16-5-3-2-4-15(16)20/h2-10,12H,11H2,1H3,(H,22,24). The normalized spacial score (nSPS) is 10.4. The van der Waals surface area contributed by atoms with Gasteiger partial charge >= 0.3 is 0 Å².